The molecule has 1 aliphatic heterocycles. The predicted octanol–water partition coefficient (Wildman–Crippen LogP) is 3.46. The normalized spacial score (nSPS) is 16.9. The number of ether oxygens (including phenoxy) is 1. The van der Waals surface area contributed by atoms with Gasteiger partial charge in [-0.15, -0.1) is 4.37 Å². The van der Waals surface area contributed by atoms with E-state index in [0.717, 1.165) is 49.4 Å². The van der Waals surface area contributed by atoms with Gasteiger partial charge in [-0.1, -0.05) is 6.08 Å². The first-order chi connectivity index (χ1) is 9.96. The number of hydrogen-bond donors (Lipinski definition) is 0. The predicted molar refractivity (Wildman–Crippen MR) is 80.0 cm³/mol. The number of unbranched alkanes of at least 4 members (excludes halogenated alkanes) is 1. The van der Waals surface area contributed by atoms with Gasteiger partial charge in [0.25, 0.3) is 5.88 Å². The zero-order valence-electron chi connectivity index (χ0n) is 12.4. The van der Waals surface area contributed by atoms with Crippen molar-refractivity contribution in [1.29, 1.82) is 0 Å². The van der Waals surface area contributed by atoms with Crippen LogP contribution in [0.5, 0.6) is 5.88 Å². The van der Waals surface area contributed by atoms with Crippen LogP contribution < -0.4 is 4.74 Å². The molecular weight excluding hydrogens is 296 g/mol. The van der Waals surface area contributed by atoms with E-state index in [-0.39, 0.29) is 6.42 Å². The van der Waals surface area contributed by atoms with E-state index in [0.29, 0.717) is 25.3 Å². The summed E-state index contributed by atoms with van der Waals surface area (Å²) in [5, 5.41) is 0. The number of aromatic nitrogens is 2. The minimum absolute atomic E-state index is 0.103. The third-order valence-electron chi connectivity index (χ3n) is 3.35. The smallest absolute Gasteiger partial charge is 0.253 e. The third kappa shape index (κ3) is 5.32. The summed E-state index contributed by atoms with van der Waals surface area (Å²) in [6.07, 6.45) is 4.10. The van der Waals surface area contributed by atoms with Gasteiger partial charge in [-0.05, 0) is 38.8 Å². The fourth-order valence-electron chi connectivity index (χ4n) is 2.24. The number of nitrogens with zero attached hydrogens (tertiary/aromatic N) is 3. The van der Waals surface area contributed by atoms with Gasteiger partial charge < -0.3 is 9.64 Å². The molecule has 0 unspecified atom stereocenters. The van der Waals surface area contributed by atoms with E-state index >= 15 is 0 Å². The fraction of sp³-hybridized carbons (Fsp3) is 0.714. The van der Waals surface area contributed by atoms with E-state index in [9.17, 15) is 8.78 Å². The number of rotatable bonds is 7. The first kappa shape index (κ1) is 16.3. The van der Waals surface area contributed by atoms with Crippen molar-refractivity contribution >= 4 is 17.3 Å². The summed E-state index contributed by atoms with van der Waals surface area (Å²) in [5.74, 6) is -2.06. The molecule has 0 saturated heterocycles. The molecule has 7 heteroatoms. The van der Waals surface area contributed by atoms with Gasteiger partial charge in [0.05, 0.1) is 18.3 Å². The molecule has 118 valence electrons. The Morgan fingerprint density at radius 1 is 1.38 bits per heavy atom. The summed E-state index contributed by atoms with van der Waals surface area (Å²) in [5.41, 5.74) is 1.93. The molecule has 0 aliphatic carbocycles. The molecule has 0 bridgehead atoms. The van der Waals surface area contributed by atoms with Crippen LogP contribution >= 0.6 is 11.7 Å². The quantitative estimate of drug-likeness (QED) is 0.722. The molecule has 2 rings (SSSR count). The number of hydrogen-bond acceptors (Lipinski definition) is 5. The van der Waals surface area contributed by atoms with Gasteiger partial charge in [0.15, 0.2) is 0 Å². The summed E-state index contributed by atoms with van der Waals surface area (Å²) in [6, 6.07) is 0. The van der Waals surface area contributed by atoms with Gasteiger partial charge in [0.1, 0.15) is 5.69 Å². The highest BCUT2D eigenvalue weighted by molar-refractivity contribution is 6.99. The maximum atomic E-state index is 12.7. The first-order valence-electron chi connectivity index (χ1n) is 7.17. The first-order valence-corrected chi connectivity index (χ1v) is 7.90. The zero-order valence-corrected chi connectivity index (χ0v) is 13.3. The van der Waals surface area contributed by atoms with Gasteiger partial charge in [0, 0.05) is 19.5 Å². The molecule has 0 amide bonds. The molecule has 0 radical (unpaired) electrons. The molecule has 0 N–H and O–H groups in total. The van der Waals surface area contributed by atoms with Crippen LogP contribution in [0.3, 0.4) is 0 Å². The van der Waals surface area contributed by atoms with Crippen LogP contribution in [0, 0.1) is 0 Å². The van der Waals surface area contributed by atoms with E-state index in [2.05, 4.69) is 26.8 Å². The highest BCUT2D eigenvalue weighted by Crippen LogP contribution is 2.27. The van der Waals surface area contributed by atoms with Gasteiger partial charge in [-0.3, -0.25) is 0 Å². The van der Waals surface area contributed by atoms with E-state index in [1.165, 1.54) is 0 Å². The Kier molecular flexibility index (Phi) is 5.64. The molecular formula is C14H21F2N3OS. The van der Waals surface area contributed by atoms with Crippen molar-refractivity contribution < 1.29 is 13.5 Å². The number of halogens is 2. The van der Waals surface area contributed by atoms with Crippen molar-refractivity contribution in [3.8, 4) is 5.88 Å². The number of alkyl halides is 2. The fourth-order valence-corrected chi connectivity index (χ4v) is 2.77. The van der Waals surface area contributed by atoms with Crippen molar-refractivity contribution in [3.05, 3.63) is 11.8 Å². The zero-order chi connectivity index (χ0) is 15.3. The van der Waals surface area contributed by atoms with Crippen LogP contribution in [-0.2, 0) is 0 Å². The molecule has 2 heterocycles. The highest BCUT2D eigenvalue weighted by Gasteiger charge is 2.20. The molecule has 0 spiro atoms. The standard InChI is InChI=1S/C14H21F2N3OS/c1-14(15,16)7-3-4-9-20-13-12(17-21-18-13)11-6-5-8-19(2)10-11/h6H,3-5,7-10H2,1-2H3. The Labute approximate surface area is 128 Å². The lowest BCUT2D eigenvalue weighted by Gasteiger charge is -2.22. The molecule has 4 nitrogen and oxygen atoms in total. The van der Waals surface area contributed by atoms with E-state index < -0.39 is 5.92 Å². The van der Waals surface area contributed by atoms with Gasteiger partial charge in [-0.25, -0.2) is 8.78 Å². The Morgan fingerprint density at radius 2 is 2.19 bits per heavy atom. The summed E-state index contributed by atoms with van der Waals surface area (Å²) >= 11 is 1.12. The Bertz CT molecular complexity index is 485. The monoisotopic (exact) mass is 317 g/mol. The minimum Gasteiger partial charge on any atom is -0.475 e. The van der Waals surface area contributed by atoms with Gasteiger partial charge in [0.2, 0.25) is 5.92 Å². The lowest BCUT2D eigenvalue weighted by Crippen LogP contribution is -2.25. The lowest BCUT2D eigenvalue weighted by atomic mass is 10.1. The topological polar surface area (TPSA) is 38.2 Å². The van der Waals surface area contributed by atoms with Crippen LogP contribution in [0.25, 0.3) is 5.57 Å². The second kappa shape index (κ2) is 7.26. The molecule has 0 atom stereocenters. The van der Waals surface area contributed by atoms with E-state index in [4.69, 9.17) is 4.74 Å². The van der Waals surface area contributed by atoms with Crippen molar-refractivity contribution in [2.24, 2.45) is 0 Å². The summed E-state index contributed by atoms with van der Waals surface area (Å²) in [6.45, 7) is 3.23. The molecule has 0 fully saturated rings. The third-order valence-corrected chi connectivity index (χ3v) is 3.86. The Morgan fingerprint density at radius 3 is 2.90 bits per heavy atom. The van der Waals surface area contributed by atoms with E-state index in [1.54, 1.807) is 0 Å². The molecule has 1 aliphatic rings. The molecule has 21 heavy (non-hydrogen) atoms. The Balaban J connectivity index is 1.82. The molecule has 1 aromatic rings. The van der Waals surface area contributed by atoms with Gasteiger partial charge >= 0.3 is 0 Å². The van der Waals surface area contributed by atoms with Crippen LogP contribution in [0.15, 0.2) is 6.08 Å². The summed E-state index contributed by atoms with van der Waals surface area (Å²) < 4.78 is 39.5. The van der Waals surface area contributed by atoms with Crippen LogP contribution in [0.4, 0.5) is 8.78 Å². The molecule has 0 aromatic carbocycles. The second-order valence-corrected chi connectivity index (χ2v) is 6.08. The summed E-state index contributed by atoms with van der Waals surface area (Å²) in [7, 11) is 2.07. The second-order valence-electron chi connectivity index (χ2n) is 5.55. The van der Waals surface area contributed by atoms with Gasteiger partial charge in [-0.2, -0.15) is 4.37 Å². The SMILES string of the molecule is CN1CCC=C(c2nsnc2OCCCCC(C)(F)F)C1. The van der Waals surface area contributed by atoms with Crippen molar-refractivity contribution in [3.63, 3.8) is 0 Å². The van der Waals surface area contributed by atoms with E-state index in [1.807, 2.05) is 0 Å². The summed E-state index contributed by atoms with van der Waals surface area (Å²) in [4.78, 5) is 2.22. The van der Waals surface area contributed by atoms with Crippen LogP contribution in [0.1, 0.15) is 38.3 Å². The largest absolute Gasteiger partial charge is 0.475 e. The Hall–Kier alpha value is -1.08. The molecule has 0 saturated carbocycles. The van der Waals surface area contributed by atoms with Crippen LogP contribution in [0.2, 0.25) is 0 Å². The maximum Gasteiger partial charge on any atom is 0.253 e. The van der Waals surface area contributed by atoms with Crippen molar-refractivity contribution in [1.82, 2.24) is 13.6 Å². The van der Waals surface area contributed by atoms with Crippen LogP contribution in [-0.4, -0.2) is 46.3 Å². The highest BCUT2D eigenvalue weighted by atomic mass is 32.1. The maximum absolute atomic E-state index is 12.7. The van der Waals surface area contributed by atoms with Crippen molar-refractivity contribution in [2.45, 2.75) is 38.5 Å². The number of likely N-dealkylation sites (N-methyl/N-ethyl adjacent to an activating group) is 1. The average Bonchev–Trinajstić information content (AvgIpc) is 2.85. The van der Waals surface area contributed by atoms with Crippen molar-refractivity contribution in [2.75, 3.05) is 26.7 Å². The molecule has 1 aromatic heterocycles. The average molecular weight is 317 g/mol. The minimum atomic E-state index is -2.59. The lowest BCUT2D eigenvalue weighted by molar-refractivity contribution is 0.00970.